The van der Waals surface area contributed by atoms with E-state index in [4.69, 9.17) is 5.73 Å². The number of hydrogen-bond acceptors (Lipinski definition) is 6. The Balaban J connectivity index is 1.52. The van der Waals surface area contributed by atoms with Gasteiger partial charge in [0.1, 0.15) is 11.8 Å². The van der Waals surface area contributed by atoms with Crippen LogP contribution in [0.15, 0.2) is 35.4 Å². The number of hydrogen-bond donors (Lipinski definition) is 2. The highest BCUT2D eigenvalue weighted by molar-refractivity contribution is 7.16. The minimum Gasteiger partial charge on any atom is -0.368 e. The number of hydrazone groups is 1. The van der Waals surface area contributed by atoms with Crippen LogP contribution in [-0.4, -0.2) is 28.6 Å². The molecule has 2 heterocycles. The fourth-order valence-electron chi connectivity index (χ4n) is 3.45. The molecule has 0 unspecified atom stereocenters. The number of carbonyl (C=O) groups is 2. The summed E-state index contributed by atoms with van der Waals surface area (Å²) in [7, 11) is 0. The third-order valence-electron chi connectivity index (χ3n) is 4.93. The van der Waals surface area contributed by atoms with E-state index in [1.807, 2.05) is 30.3 Å². The molecule has 2 amide bonds. The summed E-state index contributed by atoms with van der Waals surface area (Å²) in [6.07, 6.45) is 3.27. The number of amides is 2. The Morgan fingerprint density at radius 3 is 2.78 bits per heavy atom. The molecule has 140 valence electrons. The number of nitrogens with zero attached hydrogens (tertiary/aromatic N) is 3. The molecule has 0 spiro atoms. The first kappa shape index (κ1) is 17.7. The minimum absolute atomic E-state index is 0.179. The Morgan fingerprint density at radius 2 is 2.04 bits per heavy atom. The van der Waals surface area contributed by atoms with Crippen molar-refractivity contribution in [1.82, 2.24) is 4.98 Å². The van der Waals surface area contributed by atoms with E-state index in [1.54, 1.807) is 0 Å². The van der Waals surface area contributed by atoms with E-state index in [0.717, 1.165) is 30.6 Å². The Bertz CT molecular complexity index is 908. The van der Waals surface area contributed by atoms with E-state index >= 15 is 0 Å². The van der Waals surface area contributed by atoms with Crippen molar-refractivity contribution in [2.75, 3.05) is 10.3 Å². The predicted octanol–water partition coefficient (Wildman–Crippen LogP) is 2.33. The first-order valence-corrected chi connectivity index (χ1v) is 9.84. The predicted molar refractivity (Wildman–Crippen MR) is 106 cm³/mol. The molecule has 0 saturated carbocycles. The first-order chi connectivity index (χ1) is 13.0. The maximum atomic E-state index is 12.7. The number of aromatic nitrogens is 1. The molecule has 1 aliphatic carbocycles. The van der Waals surface area contributed by atoms with Crippen molar-refractivity contribution in [3.63, 3.8) is 0 Å². The van der Waals surface area contributed by atoms with Crippen molar-refractivity contribution in [2.24, 2.45) is 16.8 Å². The van der Waals surface area contributed by atoms with Crippen LogP contribution < -0.4 is 16.1 Å². The van der Waals surface area contributed by atoms with E-state index in [-0.39, 0.29) is 18.0 Å². The number of rotatable bonds is 4. The fraction of sp³-hybridized carbons (Fsp3) is 0.368. The number of para-hydroxylation sites is 1. The summed E-state index contributed by atoms with van der Waals surface area (Å²) in [5.41, 5.74) is 7.62. The van der Waals surface area contributed by atoms with Gasteiger partial charge in [0.25, 0.3) is 5.91 Å². The van der Waals surface area contributed by atoms with E-state index in [9.17, 15) is 9.59 Å². The molecule has 1 aliphatic heterocycles. The van der Waals surface area contributed by atoms with Gasteiger partial charge in [-0.1, -0.05) is 25.1 Å². The summed E-state index contributed by atoms with van der Waals surface area (Å²) in [5, 5.41) is 9.32. The van der Waals surface area contributed by atoms with E-state index in [1.165, 1.54) is 21.2 Å². The lowest BCUT2D eigenvalue weighted by molar-refractivity contribution is -0.119. The zero-order valence-corrected chi connectivity index (χ0v) is 15.8. The molecule has 0 fully saturated rings. The Kier molecular flexibility index (Phi) is 4.65. The molecule has 2 aliphatic rings. The molecule has 1 aromatic heterocycles. The van der Waals surface area contributed by atoms with Crippen LogP contribution in [0.2, 0.25) is 0 Å². The topological polar surface area (TPSA) is 101 Å². The number of nitrogens with two attached hydrogens (primary N) is 1. The van der Waals surface area contributed by atoms with E-state index in [0.29, 0.717) is 11.0 Å². The van der Waals surface area contributed by atoms with Crippen LogP contribution in [0.1, 0.15) is 30.3 Å². The number of aryl methyl sites for hydroxylation is 1. The molecule has 1 aromatic carbocycles. The van der Waals surface area contributed by atoms with Crippen LogP contribution in [-0.2, 0) is 22.4 Å². The van der Waals surface area contributed by atoms with Crippen molar-refractivity contribution in [3.05, 3.63) is 40.9 Å². The molecule has 7 nitrogen and oxygen atoms in total. The summed E-state index contributed by atoms with van der Waals surface area (Å²) in [6, 6.07) is 8.57. The number of anilines is 2. The molecular weight excluding hydrogens is 362 g/mol. The summed E-state index contributed by atoms with van der Waals surface area (Å²) in [4.78, 5) is 30.3. The van der Waals surface area contributed by atoms with Crippen molar-refractivity contribution < 1.29 is 9.59 Å². The van der Waals surface area contributed by atoms with Crippen LogP contribution >= 0.6 is 11.3 Å². The minimum atomic E-state index is -0.668. The van der Waals surface area contributed by atoms with Gasteiger partial charge in [-0.15, -0.1) is 11.3 Å². The molecule has 2 aromatic rings. The summed E-state index contributed by atoms with van der Waals surface area (Å²) >= 11 is 1.53. The van der Waals surface area contributed by atoms with Crippen molar-refractivity contribution >= 4 is 39.7 Å². The van der Waals surface area contributed by atoms with Crippen LogP contribution in [0.4, 0.5) is 10.8 Å². The lowest BCUT2D eigenvalue weighted by Gasteiger charge is -2.20. The van der Waals surface area contributed by atoms with Gasteiger partial charge in [-0.05, 0) is 37.3 Å². The largest absolute Gasteiger partial charge is 0.368 e. The monoisotopic (exact) mass is 383 g/mol. The van der Waals surface area contributed by atoms with Crippen molar-refractivity contribution in [3.8, 4) is 0 Å². The zero-order valence-electron chi connectivity index (χ0n) is 15.0. The fourth-order valence-corrected chi connectivity index (χ4v) is 4.62. The van der Waals surface area contributed by atoms with Crippen LogP contribution in [0.25, 0.3) is 0 Å². The number of thiazole rings is 1. The zero-order chi connectivity index (χ0) is 19.0. The molecule has 0 radical (unpaired) electrons. The second-order valence-electron chi connectivity index (χ2n) is 7.04. The highest BCUT2D eigenvalue weighted by atomic mass is 32.1. The van der Waals surface area contributed by atoms with E-state index < -0.39 is 11.9 Å². The van der Waals surface area contributed by atoms with Gasteiger partial charge in [-0.2, -0.15) is 5.10 Å². The molecule has 0 bridgehead atoms. The maximum Gasteiger partial charge on any atom is 0.273 e. The Labute approximate surface area is 161 Å². The Morgan fingerprint density at radius 1 is 1.26 bits per heavy atom. The lowest BCUT2D eigenvalue weighted by Crippen LogP contribution is -2.39. The summed E-state index contributed by atoms with van der Waals surface area (Å²) < 4.78 is 0. The van der Waals surface area contributed by atoms with Gasteiger partial charge < -0.3 is 5.73 Å². The van der Waals surface area contributed by atoms with Gasteiger partial charge in [-0.25, -0.2) is 4.98 Å². The molecule has 8 heteroatoms. The van der Waals surface area contributed by atoms with Gasteiger partial charge in [0, 0.05) is 11.3 Å². The number of fused-ring (bicyclic) bond motifs is 1. The molecule has 2 atom stereocenters. The lowest BCUT2D eigenvalue weighted by atomic mass is 9.93. The smallest absolute Gasteiger partial charge is 0.273 e. The van der Waals surface area contributed by atoms with Gasteiger partial charge in [0.15, 0.2) is 5.13 Å². The second-order valence-corrected chi connectivity index (χ2v) is 8.12. The van der Waals surface area contributed by atoms with Gasteiger partial charge >= 0.3 is 0 Å². The van der Waals surface area contributed by atoms with Gasteiger partial charge in [0.2, 0.25) is 5.91 Å². The molecule has 4 rings (SSSR count). The highest BCUT2D eigenvalue weighted by Gasteiger charge is 2.35. The Hall–Kier alpha value is -2.74. The number of carbonyl (C=O) groups excluding carboxylic acids is 2. The number of primary amides is 1. The third kappa shape index (κ3) is 3.57. The molecular formula is C19H21N5O2S. The first-order valence-electron chi connectivity index (χ1n) is 9.02. The quantitative estimate of drug-likeness (QED) is 0.846. The average molecular weight is 383 g/mol. The van der Waals surface area contributed by atoms with Crippen LogP contribution in [0.5, 0.6) is 0 Å². The molecule has 27 heavy (non-hydrogen) atoms. The average Bonchev–Trinajstić information content (AvgIpc) is 3.26. The SMILES string of the molecule is C[C@H]1CCc2nc(NC(=O)C3=NN(c4ccccc4)[C@H](C(N)=O)C3)sc2C1. The number of nitrogens with one attached hydrogen (secondary N) is 1. The van der Waals surface area contributed by atoms with Crippen LogP contribution in [0, 0.1) is 5.92 Å². The standard InChI is InChI=1S/C19H21N5O2S/c1-11-7-8-13-16(9-11)27-19(21-13)22-18(26)14-10-15(17(20)25)24(23-14)12-5-3-2-4-6-12/h2-6,11,15H,7-10H2,1H3,(H2,20,25)(H,21,22,26)/t11-,15-/m0/s1. The molecule has 3 N–H and O–H groups in total. The highest BCUT2D eigenvalue weighted by Crippen LogP contribution is 2.32. The van der Waals surface area contributed by atoms with Gasteiger partial charge in [-0.3, -0.25) is 19.9 Å². The van der Waals surface area contributed by atoms with Crippen molar-refractivity contribution in [1.29, 1.82) is 0 Å². The van der Waals surface area contributed by atoms with Crippen LogP contribution in [0.3, 0.4) is 0 Å². The van der Waals surface area contributed by atoms with E-state index in [2.05, 4.69) is 22.3 Å². The maximum absolute atomic E-state index is 12.7. The summed E-state index contributed by atoms with van der Waals surface area (Å²) in [5.74, 6) is -0.195. The normalized spacial score (nSPS) is 21.5. The summed E-state index contributed by atoms with van der Waals surface area (Å²) in [6.45, 7) is 2.23. The van der Waals surface area contributed by atoms with Crippen molar-refractivity contribution in [2.45, 2.75) is 38.6 Å². The molecule has 0 saturated heterocycles. The number of benzene rings is 1. The van der Waals surface area contributed by atoms with Gasteiger partial charge in [0.05, 0.1) is 11.4 Å². The second kappa shape index (κ2) is 7.11. The third-order valence-corrected chi connectivity index (χ3v) is 5.96.